The largest absolute Gasteiger partial charge is 0.477 e. The number of carboxylic acid groups (broad SMARTS) is 1. The minimum atomic E-state index is -1.12. The number of aromatic carboxylic acids is 1. The minimum absolute atomic E-state index is 0.103. The van der Waals surface area contributed by atoms with E-state index in [1.165, 1.54) is 18.9 Å². The highest BCUT2D eigenvalue weighted by Gasteiger charge is 2.36. The van der Waals surface area contributed by atoms with Crippen molar-refractivity contribution < 1.29 is 14.7 Å². The molecule has 0 bridgehead atoms. The van der Waals surface area contributed by atoms with Crippen molar-refractivity contribution >= 4 is 11.9 Å². The Hall–Kier alpha value is -1.95. The van der Waals surface area contributed by atoms with Crippen molar-refractivity contribution in [3.05, 3.63) is 29.6 Å². The van der Waals surface area contributed by atoms with Crippen molar-refractivity contribution in [2.24, 2.45) is 0 Å². The molecule has 1 amide bonds. The Balaban J connectivity index is 1.69. The maximum atomic E-state index is 12.3. The zero-order valence-electron chi connectivity index (χ0n) is 11.8. The number of hydrogen-bond donors (Lipinski definition) is 2. The van der Waals surface area contributed by atoms with Crippen LogP contribution in [0.5, 0.6) is 0 Å². The summed E-state index contributed by atoms with van der Waals surface area (Å²) in [6.45, 7) is 2.14. The van der Waals surface area contributed by atoms with E-state index in [1.54, 1.807) is 12.1 Å². The smallest absolute Gasteiger partial charge is 0.354 e. The van der Waals surface area contributed by atoms with Crippen molar-refractivity contribution in [2.45, 2.75) is 37.8 Å². The van der Waals surface area contributed by atoms with E-state index in [9.17, 15) is 9.59 Å². The highest BCUT2D eigenvalue weighted by molar-refractivity contribution is 5.94. The first-order valence-corrected chi connectivity index (χ1v) is 7.40. The number of fused-ring (bicyclic) bond motifs is 1. The van der Waals surface area contributed by atoms with Gasteiger partial charge in [0.25, 0.3) is 5.91 Å². The Labute approximate surface area is 123 Å². The SMILES string of the molecule is O=C(O)c1cccc(C(=O)NC2CCN3CCCCC23)n1. The van der Waals surface area contributed by atoms with Gasteiger partial charge in [-0.3, -0.25) is 9.69 Å². The molecule has 0 aliphatic carbocycles. The number of nitrogens with one attached hydrogen (secondary N) is 1. The predicted octanol–water partition coefficient (Wildman–Crippen LogP) is 1.14. The number of amides is 1. The molecule has 2 saturated heterocycles. The first-order chi connectivity index (χ1) is 10.1. The third-order valence-corrected chi connectivity index (χ3v) is 4.37. The quantitative estimate of drug-likeness (QED) is 0.872. The molecule has 6 heteroatoms. The number of carboxylic acids is 1. The van der Waals surface area contributed by atoms with Crippen molar-refractivity contribution in [3.8, 4) is 0 Å². The van der Waals surface area contributed by atoms with Gasteiger partial charge in [-0.15, -0.1) is 0 Å². The molecule has 0 spiro atoms. The summed E-state index contributed by atoms with van der Waals surface area (Å²) in [5, 5.41) is 12.0. The molecule has 2 aliphatic heterocycles. The van der Waals surface area contributed by atoms with E-state index in [-0.39, 0.29) is 23.3 Å². The van der Waals surface area contributed by atoms with Crippen LogP contribution in [0.4, 0.5) is 0 Å². The molecule has 1 aromatic rings. The molecule has 2 aliphatic rings. The van der Waals surface area contributed by atoms with Crippen LogP contribution in [-0.4, -0.2) is 52.0 Å². The summed E-state index contributed by atoms with van der Waals surface area (Å²) < 4.78 is 0. The first-order valence-electron chi connectivity index (χ1n) is 7.40. The summed E-state index contributed by atoms with van der Waals surface area (Å²) in [7, 11) is 0. The summed E-state index contributed by atoms with van der Waals surface area (Å²) in [6, 6.07) is 5.05. The number of piperidine rings is 1. The van der Waals surface area contributed by atoms with Gasteiger partial charge >= 0.3 is 5.97 Å². The highest BCUT2D eigenvalue weighted by Crippen LogP contribution is 2.27. The molecule has 2 atom stereocenters. The third kappa shape index (κ3) is 2.90. The summed E-state index contributed by atoms with van der Waals surface area (Å²) in [5.74, 6) is -1.40. The molecule has 6 nitrogen and oxygen atoms in total. The number of hydrogen-bond acceptors (Lipinski definition) is 4. The molecule has 3 rings (SSSR count). The molecule has 3 heterocycles. The molecule has 0 aromatic carbocycles. The van der Waals surface area contributed by atoms with E-state index in [4.69, 9.17) is 5.11 Å². The van der Waals surface area contributed by atoms with E-state index in [0.717, 1.165) is 25.9 Å². The number of aromatic nitrogens is 1. The standard InChI is InChI=1S/C15H19N3O3/c19-14(11-4-3-5-12(16-11)15(20)21)17-10-7-9-18-8-2-1-6-13(10)18/h3-5,10,13H,1-2,6-9H2,(H,17,19)(H,20,21). The first kappa shape index (κ1) is 14.0. The molecule has 2 fully saturated rings. The molecule has 2 unspecified atom stereocenters. The van der Waals surface area contributed by atoms with Gasteiger partial charge in [-0.25, -0.2) is 9.78 Å². The number of carbonyl (C=O) groups is 2. The van der Waals surface area contributed by atoms with Crippen molar-refractivity contribution in [3.63, 3.8) is 0 Å². The Morgan fingerprint density at radius 3 is 2.81 bits per heavy atom. The van der Waals surface area contributed by atoms with Crippen LogP contribution in [-0.2, 0) is 0 Å². The van der Waals surface area contributed by atoms with Crippen LogP contribution >= 0.6 is 0 Å². The van der Waals surface area contributed by atoms with Gasteiger partial charge in [0.2, 0.25) is 0 Å². The molecule has 0 saturated carbocycles. The van der Waals surface area contributed by atoms with Crippen molar-refractivity contribution in [1.29, 1.82) is 0 Å². The summed E-state index contributed by atoms with van der Waals surface area (Å²) in [5.41, 5.74) is 0.0672. The van der Waals surface area contributed by atoms with Crippen LogP contribution < -0.4 is 5.32 Å². The second kappa shape index (κ2) is 5.81. The lowest BCUT2D eigenvalue weighted by molar-refractivity contribution is 0.0690. The van der Waals surface area contributed by atoms with Crippen molar-refractivity contribution in [2.75, 3.05) is 13.1 Å². The molecular formula is C15H19N3O3. The van der Waals surface area contributed by atoms with Crippen molar-refractivity contribution in [1.82, 2.24) is 15.2 Å². The average Bonchev–Trinajstić information content (AvgIpc) is 2.91. The molecular weight excluding hydrogens is 270 g/mol. The maximum Gasteiger partial charge on any atom is 0.354 e. The zero-order chi connectivity index (χ0) is 14.8. The lowest BCUT2D eigenvalue weighted by Gasteiger charge is -2.32. The summed E-state index contributed by atoms with van der Waals surface area (Å²) in [6.07, 6.45) is 4.52. The van der Waals surface area contributed by atoms with Crippen LogP contribution in [0.25, 0.3) is 0 Å². The Morgan fingerprint density at radius 2 is 2.00 bits per heavy atom. The topological polar surface area (TPSA) is 82.5 Å². The second-order valence-corrected chi connectivity index (χ2v) is 5.68. The van der Waals surface area contributed by atoms with Gasteiger partial charge in [-0.05, 0) is 37.9 Å². The Kier molecular flexibility index (Phi) is 3.88. The molecule has 2 N–H and O–H groups in total. The van der Waals surface area contributed by atoms with Gasteiger partial charge in [0.05, 0.1) is 0 Å². The van der Waals surface area contributed by atoms with E-state index in [0.29, 0.717) is 6.04 Å². The van der Waals surface area contributed by atoms with E-state index in [2.05, 4.69) is 15.2 Å². The zero-order valence-corrected chi connectivity index (χ0v) is 11.8. The van der Waals surface area contributed by atoms with E-state index >= 15 is 0 Å². The highest BCUT2D eigenvalue weighted by atomic mass is 16.4. The minimum Gasteiger partial charge on any atom is -0.477 e. The molecule has 0 radical (unpaired) electrons. The van der Waals surface area contributed by atoms with Gasteiger partial charge in [0.15, 0.2) is 0 Å². The fraction of sp³-hybridized carbons (Fsp3) is 0.533. The fourth-order valence-corrected chi connectivity index (χ4v) is 3.34. The molecule has 21 heavy (non-hydrogen) atoms. The third-order valence-electron chi connectivity index (χ3n) is 4.37. The number of rotatable bonds is 3. The van der Waals surface area contributed by atoms with Crippen LogP contribution in [0.3, 0.4) is 0 Å². The molecule has 112 valence electrons. The lowest BCUT2D eigenvalue weighted by atomic mass is 9.99. The Bertz CT molecular complexity index is 561. The maximum absolute atomic E-state index is 12.3. The normalized spacial score (nSPS) is 25.3. The van der Waals surface area contributed by atoms with Gasteiger partial charge in [0.1, 0.15) is 11.4 Å². The monoisotopic (exact) mass is 289 g/mol. The van der Waals surface area contributed by atoms with E-state index in [1.807, 2.05) is 0 Å². The molecule has 1 aromatic heterocycles. The van der Waals surface area contributed by atoms with Gasteiger partial charge in [-0.2, -0.15) is 0 Å². The van der Waals surface area contributed by atoms with Gasteiger partial charge in [-0.1, -0.05) is 12.5 Å². The number of carbonyl (C=O) groups excluding carboxylic acids is 1. The average molecular weight is 289 g/mol. The number of pyridine rings is 1. The van der Waals surface area contributed by atoms with Gasteiger partial charge in [0, 0.05) is 18.6 Å². The van der Waals surface area contributed by atoms with Crippen LogP contribution in [0.1, 0.15) is 46.7 Å². The summed E-state index contributed by atoms with van der Waals surface area (Å²) in [4.78, 5) is 29.5. The predicted molar refractivity (Wildman–Crippen MR) is 76.3 cm³/mol. The van der Waals surface area contributed by atoms with E-state index < -0.39 is 5.97 Å². The van der Waals surface area contributed by atoms with Crippen LogP contribution in [0.15, 0.2) is 18.2 Å². The second-order valence-electron chi connectivity index (χ2n) is 5.68. The number of nitrogens with zero attached hydrogens (tertiary/aromatic N) is 2. The fourth-order valence-electron chi connectivity index (χ4n) is 3.34. The lowest BCUT2D eigenvalue weighted by Crippen LogP contribution is -2.47. The summed E-state index contributed by atoms with van der Waals surface area (Å²) >= 11 is 0. The van der Waals surface area contributed by atoms with Crippen LogP contribution in [0, 0.1) is 0 Å². The Morgan fingerprint density at radius 1 is 1.19 bits per heavy atom. The van der Waals surface area contributed by atoms with Gasteiger partial charge < -0.3 is 10.4 Å². The van der Waals surface area contributed by atoms with Crippen LogP contribution in [0.2, 0.25) is 0 Å².